The molecular formula is C12H17N3O2. The maximum absolute atomic E-state index is 5.47. The molecular weight excluding hydrogens is 218 g/mol. The molecule has 0 atom stereocenters. The van der Waals surface area contributed by atoms with Crippen molar-refractivity contribution in [3.63, 3.8) is 0 Å². The Morgan fingerprint density at radius 2 is 2.29 bits per heavy atom. The average Bonchev–Trinajstić information content (AvgIpc) is 2.80. The first kappa shape index (κ1) is 11.6. The molecule has 1 heterocycles. The number of aliphatic imine (C=N–C) groups is 1. The number of nitrogens with one attached hydrogen (secondary N) is 1. The van der Waals surface area contributed by atoms with Gasteiger partial charge in [0.2, 0.25) is 6.79 Å². The van der Waals surface area contributed by atoms with E-state index in [0.717, 1.165) is 29.6 Å². The number of hydrogen-bond acceptors (Lipinski definition) is 3. The third-order valence-corrected chi connectivity index (χ3v) is 2.68. The Kier molecular flexibility index (Phi) is 3.37. The van der Waals surface area contributed by atoms with Crippen molar-refractivity contribution in [2.75, 3.05) is 27.9 Å². The first-order valence-corrected chi connectivity index (χ1v) is 5.49. The van der Waals surface area contributed by atoms with E-state index in [1.54, 1.807) is 7.05 Å². The average molecular weight is 235 g/mol. The van der Waals surface area contributed by atoms with Crippen LogP contribution in [0.2, 0.25) is 0 Å². The zero-order chi connectivity index (χ0) is 12.3. The molecule has 0 spiro atoms. The summed E-state index contributed by atoms with van der Waals surface area (Å²) in [5.74, 6) is 2.49. The van der Waals surface area contributed by atoms with Crippen LogP contribution in [0.15, 0.2) is 23.2 Å². The molecule has 0 unspecified atom stereocenters. The number of ether oxygens (including phenoxy) is 2. The van der Waals surface area contributed by atoms with E-state index in [4.69, 9.17) is 9.47 Å². The highest BCUT2D eigenvalue weighted by Crippen LogP contribution is 2.35. The van der Waals surface area contributed by atoms with Crippen LogP contribution in [0.1, 0.15) is 5.56 Å². The molecule has 5 heteroatoms. The Balaban J connectivity index is 2.17. The van der Waals surface area contributed by atoms with Crippen LogP contribution in [0.25, 0.3) is 0 Å². The molecule has 0 saturated heterocycles. The van der Waals surface area contributed by atoms with Gasteiger partial charge in [-0.15, -0.1) is 0 Å². The van der Waals surface area contributed by atoms with Gasteiger partial charge in [-0.1, -0.05) is 12.1 Å². The van der Waals surface area contributed by atoms with Gasteiger partial charge in [-0.2, -0.15) is 0 Å². The second-order valence-corrected chi connectivity index (χ2v) is 3.80. The van der Waals surface area contributed by atoms with Crippen molar-refractivity contribution < 1.29 is 9.47 Å². The highest BCUT2D eigenvalue weighted by Gasteiger charge is 2.18. The molecule has 2 rings (SSSR count). The summed E-state index contributed by atoms with van der Waals surface area (Å²) in [6.45, 7) is 1.02. The molecule has 1 aromatic carbocycles. The lowest BCUT2D eigenvalue weighted by molar-refractivity contribution is 0.173. The van der Waals surface area contributed by atoms with Crippen LogP contribution in [0.4, 0.5) is 0 Å². The second-order valence-electron chi connectivity index (χ2n) is 3.80. The fourth-order valence-corrected chi connectivity index (χ4v) is 1.92. The van der Waals surface area contributed by atoms with E-state index in [1.807, 2.05) is 37.2 Å². The summed E-state index contributed by atoms with van der Waals surface area (Å²) in [5.41, 5.74) is 1.10. The van der Waals surface area contributed by atoms with Crippen LogP contribution < -0.4 is 14.8 Å². The lowest BCUT2D eigenvalue weighted by atomic mass is 10.2. The quantitative estimate of drug-likeness (QED) is 0.615. The smallest absolute Gasteiger partial charge is 0.231 e. The fourth-order valence-electron chi connectivity index (χ4n) is 1.92. The zero-order valence-corrected chi connectivity index (χ0v) is 10.4. The molecule has 17 heavy (non-hydrogen) atoms. The summed E-state index contributed by atoms with van der Waals surface area (Å²) in [5, 5.41) is 3.04. The number of rotatable bonds is 2. The van der Waals surface area contributed by atoms with E-state index in [-0.39, 0.29) is 0 Å². The predicted octanol–water partition coefficient (Wildman–Crippen LogP) is 1.05. The SMILES string of the molecule is C/N=C(/NC)N(C)Cc1cccc2c1OCO2. The Morgan fingerprint density at radius 3 is 3.00 bits per heavy atom. The van der Waals surface area contributed by atoms with Crippen LogP contribution >= 0.6 is 0 Å². The molecule has 0 aromatic heterocycles. The Hall–Kier alpha value is -1.91. The van der Waals surface area contributed by atoms with Crippen LogP contribution in [-0.4, -0.2) is 38.8 Å². The molecule has 0 aliphatic carbocycles. The monoisotopic (exact) mass is 235 g/mol. The molecule has 1 aliphatic rings. The summed E-state index contributed by atoms with van der Waals surface area (Å²) in [6, 6.07) is 5.92. The Bertz CT molecular complexity index is 432. The molecule has 92 valence electrons. The lowest BCUT2D eigenvalue weighted by Crippen LogP contribution is -2.36. The summed E-state index contributed by atoms with van der Waals surface area (Å²) in [7, 11) is 5.60. The summed E-state index contributed by atoms with van der Waals surface area (Å²) in [4.78, 5) is 6.18. The molecule has 0 amide bonds. The van der Waals surface area contributed by atoms with Crippen molar-refractivity contribution in [3.05, 3.63) is 23.8 Å². The topological polar surface area (TPSA) is 46.1 Å². The number of nitrogens with zero attached hydrogens (tertiary/aromatic N) is 2. The van der Waals surface area contributed by atoms with E-state index in [0.29, 0.717) is 6.79 Å². The molecule has 0 saturated carbocycles. The van der Waals surface area contributed by atoms with Crippen molar-refractivity contribution >= 4 is 5.96 Å². The van der Waals surface area contributed by atoms with Crippen molar-refractivity contribution in [1.29, 1.82) is 0 Å². The second kappa shape index (κ2) is 4.95. The first-order valence-electron chi connectivity index (χ1n) is 5.49. The van der Waals surface area contributed by atoms with Crippen molar-refractivity contribution in [2.45, 2.75) is 6.54 Å². The summed E-state index contributed by atoms with van der Waals surface area (Å²) >= 11 is 0. The standard InChI is InChI=1S/C12H17N3O2/c1-13-12(14-2)15(3)7-9-5-4-6-10-11(9)17-8-16-10/h4-6H,7-8H2,1-3H3,(H,13,14). The number of benzene rings is 1. The molecule has 0 fully saturated rings. The number of fused-ring (bicyclic) bond motifs is 1. The summed E-state index contributed by atoms with van der Waals surface area (Å²) in [6.07, 6.45) is 0. The van der Waals surface area contributed by atoms with Gasteiger partial charge in [-0.05, 0) is 6.07 Å². The minimum Gasteiger partial charge on any atom is -0.454 e. The zero-order valence-electron chi connectivity index (χ0n) is 10.4. The minimum atomic E-state index is 0.302. The van der Waals surface area contributed by atoms with Gasteiger partial charge in [0.05, 0.1) is 0 Å². The lowest BCUT2D eigenvalue weighted by Gasteiger charge is -2.21. The van der Waals surface area contributed by atoms with E-state index >= 15 is 0 Å². The molecule has 1 aromatic rings. The van der Waals surface area contributed by atoms with E-state index in [2.05, 4.69) is 10.3 Å². The minimum absolute atomic E-state index is 0.302. The first-order chi connectivity index (χ1) is 8.26. The van der Waals surface area contributed by atoms with Gasteiger partial charge >= 0.3 is 0 Å². The van der Waals surface area contributed by atoms with Gasteiger partial charge < -0.3 is 19.7 Å². The predicted molar refractivity (Wildman–Crippen MR) is 66.5 cm³/mol. The highest BCUT2D eigenvalue weighted by atomic mass is 16.7. The molecule has 0 radical (unpaired) electrons. The van der Waals surface area contributed by atoms with E-state index in [9.17, 15) is 0 Å². The van der Waals surface area contributed by atoms with Gasteiger partial charge in [0.15, 0.2) is 17.5 Å². The molecule has 0 bridgehead atoms. The van der Waals surface area contributed by atoms with Crippen molar-refractivity contribution in [2.24, 2.45) is 4.99 Å². The number of para-hydroxylation sites is 1. The van der Waals surface area contributed by atoms with Gasteiger partial charge in [-0.3, -0.25) is 4.99 Å². The maximum Gasteiger partial charge on any atom is 0.231 e. The van der Waals surface area contributed by atoms with E-state index < -0.39 is 0 Å². The number of guanidine groups is 1. The number of hydrogen-bond donors (Lipinski definition) is 1. The largest absolute Gasteiger partial charge is 0.454 e. The van der Waals surface area contributed by atoms with Crippen LogP contribution in [0, 0.1) is 0 Å². The third kappa shape index (κ3) is 2.27. The van der Waals surface area contributed by atoms with Gasteiger partial charge in [-0.25, -0.2) is 0 Å². The van der Waals surface area contributed by atoms with Crippen LogP contribution in [-0.2, 0) is 6.54 Å². The third-order valence-electron chi connectivity index (χ3n) is 2.68. The van der Waals surface area contributed by atoms with Gasteiger partial charge in [0.25, 0.3) is 0 Å². The Morgan fingerprint density at radius 1 is 1.47 bits per heavy atom. The van der Waals surface area contributed by atoms with Crippen LogP contribution in [0.5, 0.6) is 11.5 Å². The van der Waals surface area contributed by atoms with Crippen molar-refractivity contribution in [1.82, 2.24) is 10.2 Å². The normalized spacial score (nSPS) is 13.7. The van der Waals surface area contributed by atoms with Gasteiger partial charge in [0.1, 0.15) is 0 Å². The summed E-state index contributed by atoms with van der Waals surface area (Å²) < 4.78 is 10.8. The molecule has 1 N–H and O–H groups in total. The molecule has 5 nitrogen and oxygen atoms in total. The van der Waals surface area contributed by atoms with E-state index in [1.165, 1.54) is 0 Å². The maximum atomic E-state index is 5.47. The van der Waals surface area contributed by atoms with Crippen molar-refractivity contribution in [3.8, 4) is 11.5 Å². The highest BCUT2D eigenvalue weighted by molar-refractivity contribution is 5.79. The van der Waals surface area contributed by atoms with Crippen LogP contribution in [0.3, 0.4) is 0 Å². The Labute approximate surface area is 101 Å². The van der Waals surface area contributed by atoms with Gasteiger partial charge in [0, 0.05) is 33.3 Å². The fraction of sp³-hybridized carbons (Fsp3) is 0.417. The molecule has 1 aliphatic heterocycles.